The van der Waals surface area contributed by atoms with E-state index in [9.17, 15) is 9.90 Å². The maximum absolute atomic E-state index is 13.2. The average molecular weight is 412 g/mol. The molecule has 140 valence electrons. The van der Waals surface area contributed by atoms with E-state index in [0.29, 0.717) is 38.9 Å². The largest absolute Gasteiger partial charge is 0.508 e. The molecule has 1 N–H and O–H groups in total. The molecule has 0 aliphatic heterocycles. The van der Waals surface area contributed by atoms with E-state index in [1.165, 1.54) is 6.07 Å². The first-order valence-corrected chi connectivity index (χ1v) is 9.28. The summed E-state index contributed by atoms with van der Waals surface area (Å²) in [5.41, 5.74) is 3.56. The second-order valence-corrected chi connectivity index (χ2v) is 7.23. The molecular weight excluding hydrogens is 397 g/mol. The van der Waals surface area contributed by atoms with E-state index < -0.39 is 0 Å². The monoisotopic (exact) mass is 411 g/mol. The number of halogens is 2. The van der Waals surface area contributed by atoms with Crippen LogP contribution in [0, 0.1) is 6.92 Å². The summed E-state index contributed by atoms with van der Waals surface area (Å²) in [4.78, 5) is 22.0. The van der Waals surface area contributed by atoms with Crippen molar-refractivity contribution in [3.63, 3.8) is 0 Å². The van der Waals surface area contributed by atoms with Crippen LogP contribution in [-0.2, 0) is 6.54 Å². The highest BCUT2D eigenvalue weighted by molar-refractivity contribution is 6.31. The predicted molar refractivity (Wildman–Crippen MR) is 109 cm³/mol. The van der Waals surface area contributed by atoms with Crippen molar-refractivity contribution in [2.24, 2.45) is 0 Å². The van der Waals surface area contributed by atoms with Crippen LogP contribution in [0.25, 0.3) is 11.2 Å². The van der Waals surface area contributed by atoms with Gasteiger partial charge in [0.05, 0.1) is 12.1 Å². The number of hydrogen-bond donors (Lipinski definition) is 1. The van der Waals surface area contributed by atoms with Gasteiger partial charge >= 0.3 is 0 Å². The Morgan fingerprint density at radius 2 is 1.79 bits per heavy atom. The van der Waals surface area contributed by atoms with Crippen LogP contribution in [0.3, 0.4) is 0 Å². The predicted octanol–water partition coefficient (Wildman–Crippen LogP) is 5.03. The number of hydrogen-bond acceptors (Lipinski definition) is 4. The van der Waals surface area contributed by atoms with Crippen molar-refractivity contribution < 1.29 is 9.90 Å². The SMILES string of the molecule is Cc1c(C(=O)c2ccc(Cl)cc2)c2nccnc2n1Cc1cc(O)ccc1Cl. The molecule has 0 spiro atoms. The molecule has 2 heterocycles. The Kier molecular flexibility index (Phi) is 4.79. The zero-order valence-electron chi connectivity index (χ0n) is 14.9. The minimum Gasteiger partial charge on any atom is -0.508 e. The lowest BCUT2D eigenvalue weighted by molar-refractivity contribution is 0.103. The Labute approximate surface area is 171 Å². The van der Waals surface area contributed by atoms with Crippen LogP contribution in [0.15, 0.2) is 54.9 Å². The lowest BCUT2D eigenvalue weighted by atomic mass is 10.0. The summed E-state index contributed by atoms with van der Waals surface area (Å²) in [7, 11) is 0. The number of nitrogens with zero attached hydrogens (tertiary/aromatic N) is 3. The zero-order valence-corrected chi connectivity index (χ0v) is 16.4. The van der Waals surface area contributed by atoms with Crippen LogP contribution in [0.1, 0.15) is 27.2 Å². The lowest BCUT2D eigenvalue weighted by Gasteiger charge is -2.10. The summed E-state index contributed by atoms with van der Waals surface area (Å²) in [6.45, 7) is 2.20. The van der Waals surface area contributed by atoms with Gasteiger partial charge in [-0.15, -0.1) is 0 Å². The minimum absolute atomic E-state index is 0.122. The molecule has 4 rings (SSSR count). The number of rotatable bonds is 4. The number of benzene rings is 2. The van der Waals surface area contributed by atoms with Gasteiger partial charge in [0.2, 0.25) is 0 Å². The van der Waals surface area contributed by atoms with E-state index in [1.807, 2.05) is 11.5 Å². The number of phenolic OH excluding ortho intramolecular Hbond substituents is 1. The number of phenols is 1. The molecule has 0 saturated carbocycles. The van der Waals surface area contributed by atoms with E-state index >= 15 is 0 Å². The molecule has 0 amide bonds. The Morgan fingerprint density at radius 1 is 1.07 bits per heavy atom. The molecule has 2 aromatic carbocycles. The Balaban J connectivity index is 1.87. The summed E-state index contributed by atoms with van der Waals surface area (Å²) in [5, 5.41) is 10.9. The third-order valence-electron chi connectivity index (χ3n) is 4.63. The molecule has 0 saturated heterocycles. The van der Waals surface area contributed by atoms with Gasteiger partial charge in [-0.3, -0.25) is 9.78 Å². The third-order valence-corrected chi connectivity index (χ3v) is 5.25. The topological polar surface area (TPSA) is 68.0 Å². The average Bonchev–Trinajstić information content (AvgIpc) is 2.96. The summed E-state index contributed by atoms with van der Waals surface area (Å²) < 4.78 is 1.88. The maximum atomic E-state index is 13.2. The van der Waals surface area contributed by atoms with Gasteiger partial charge in [0.25, 0.3) is 0 Å². The molecule has 28 heavy (non-hydrogen) atoms. The molecule has 0 fully saturated rings. The van der Waals surface area contributed by atoms with Crippen molar-refractivity contribution in [3.05, 3.63) is 87.3 Å². The molecule has 0 aliphatic carbocycles. The van der Waals surface area contributed by atoms with Crippen molar-refractivity contribution in [1.82, 2.24) is 14.5 Å². The summed E-state index contributed by atoms with van der Waals surface area (Å²) in [6, 6.07) is 11.5. The number of carbonyl (C=O) groups is 1. The fourth-order valence-corrected chi connectivity index (χ4v) is 3.54. The first kappa shape index (κ1) is 18.5. The summed E-state index contributed by atoms with van der Waals surface area (Å²) in [6.07, 6.45) is 3.14. The molecule has 0 bridgehead atoms. The highest BCUT2D eigenvalue weighted by Gasteiger charge is 2.23. The molecule has 7 heteroatoms. The molecule has 0 radical (unpaired) electrons. The van der Waals surface area contributed by atoms with E-state index in [2.05, 4.69) is 9.97 Å². The van der Waals surface area contributed by atoms with Gasteiger partial charge in [-0.2, -0.15) is 0 Å². The maximum Gasteiger partial charge on any atom is 0.197 e. The van der Waals surface area contributed by atoms with Crippen LogP contribution in [0.5, 0.6) is 5.75 Å². The van der Waals surface area contributed by atoms with E-state index in [0.717, 1.165) is 11.3 Å². The Hall–Kier alpha value is -2.89. The number of aromatic hydroxyl groups is 1. The molecule has 4 aromatic rings. The standard InChI is InChI=1S/C21H15Cl2N3O2/c1-12-18(20(28)13-2-4-15(22)5-3-13)19-21(25-9-8-24-19)26(12)11-14-10-16(27)6-7-17(14)23/h2-10,27H,11H2,1H3. The summed E-state index contributed by atoms with van der Waals surface area (Å²) in [5.74, 6) is -0.0301. The van der Waals surface area contributed by atoms with Crippen LogP contribution >= 0.6 is 23.2 Å². The van der Waals surface area contributed by atoms with Crippen molar-refractivity contribution in [3.8, 4) is 5.75 Å². The summed E-state index contributed by atoms with van der Waals surface area (Å²) >= 11 is 12.2. The quantitative estimate of drug-likeness (QED) is 0.478. The fraction of sp³-hybridized carbons (Fsp3) is 0.0952. The number of ketones is 1. The Bertz CT molecular complexity index is 1200. The molecule has 2 aromatic heterocycles. The van der Waals surface area contributed by atoms with Crippen LogP contribution in [0.2, 0.25) is 10.0 Å². The van der Waals surface area contributed by atoms with Crippen molar-refractivity contribution in [2.75, 3.05) is 0 Å². The van der Waals surface area contributed by atoms with Crippen LogP contribution in [0.4, 0.5) is 0 Å². The molecule has 0 unspecified atom stereocenters. The van der Waals surface area contributed by atoms with Gasteiger partial charge in [-0.05, 0) is 55.0 Å². The van der Waals surface area contributed by atoms with E-state index in [4.69, 9.17) is 23.2 Å². The molecular formula is C21H15Cl2N3O2. The fourth-order valence-electron chi connectivity index (χ4n) is 3.23. The zero-order chi connectivity index (χ0) is 19.8. The van der Waals surface area contributed by atoms with Gasteiger partial charge < -0.3 is 9.67 Å². The number of aromatic nitrogens is 3. The van der Waals surface area contributed by atoms with E-state index in [1.54, 1.807) is 48.8 Å². The van der Waals surface area contributed by atoms with Gasteiger partial charge in [-0.25, -0.2) is 4.98 Å². The number of carbonyl (C=O) groups excluding carboxylic acids is 1. The highest BCUT2D eigenvalue weighted by atomic mass is 35.5. The second kappa shape index (κ2) is 7.26. The molecule has 5 nitrogen and oxygen atoms in total. The van der Waals surface area contributed by atoms with Gasteiger partial charge in [0.15, 0.2) is 11.4 Å². The minimum atomic E-state index is -0.152. The van der Waals surface area contributed by atoms with Gasteiger partial charge in [-0.1, -0.05) is 23.2 Å². The highest BCUT2D eigenvalue weighted by Crippen LogP contribution is 2.29. The molecule has 0 atom stereocenters. The second-order valence-electron chi connectivity index (χ2n) is 6.39. The van der Waals surface area contributed by atoms with Crippen molar-refractivity contribution >= 4 is 40.1 Å². The van der Waals surface area contributed by atoms with Crippen LogP contribution in [-0.4, -0.2) is 25.4 Å². The van der Waals surface area contributed by atoms with Gasteiger partial charge in [0.1, 0.15) is 11.3 Å². The normalized spacial score (nSPS) is 11.1. The molecule has 0 aliphatic rings. The first-order valence-electron chi connectivity index (χ1n) is 8.53. The first-order chi connectivity index (χ1) is 13.5. The van der Waals surface area contributed by atoms with Crippen molar-refractivity contribution in [2.45, 2.75) is 13.5 Å². The van der Waals surface area contributed by atoms with E-state index in [-0.39, 0.29) is 11.5 Å². The van der Waals surface area contributed by atoms with Gasteiger partial charge in [0, 0.05) is 33.7 Å². The smallest absolute Gasteiger partial charge is 0.197 e. The van der Waals surface area contributed by atoms with Crippen molar-refractivity contribution in [1.29, 1.82) is 0 Å². The Morgan fingerprint density at radius 3 is 2.54 bits per heavy atom. The van der Waals surface area contributed by atoms with Crippen LogP contribution < -0.4 is 0 Å². The lowest BCUT2D eigenvalue weighted by Crippen LogP contribution is -2.07. The third kappa shape index (κ3) is 3.23. The number of fused-ring (bicyclic) bond motifs is 1.